The maximum Gasteiger partial charge on any atom is 0.135 e. The molecule has 0 saturated carbocycles. The van der Waals surface area contributed by atoms with Crippen molar-refractivity contribution in [3.8, 4) is 0 Å². The minimum Gasteiger partial charge on any atom is -0.329 e. The molecule has 4 nitrogen and oxygen atoms in total. The van der Waals surface area contributed by atoms with Crippen LogP contribution in [-0.4, -0.2) is 23.9 Å². The van der Waals surface area contributed by atoms with Crippen LogP contribution in [0.5, 0.6) is 0 Å². The molecule has 0 spiro atoms. The second-order valence-corrected chi connectivity index (χ2v) is 4.44. The van der Waals surface area contributed by atoms with E-state index in [2.05, 4.69) is 41.4 Å². The fraction of sp³-hybridized carbons (Fsp3) is 0.357. The van der Waals surface area contributed by atoms with Gasteiger partial charge in [0.2, 0.25) is 0 Å². The van der Waals surface area contributed by atoms with Gasteiger partial charge in [-0.2, -0.15) is 5.10 Å². The zero-order valence-electron chi connectivity index (χ0n) is 11.4. The molecule has 0 amide bonds. The molecule has 0 aliphatic rings. The van der Waals surface area contributed by atoms with Gasteiger partial charge in [-0.05, 0) is 26.1 Å². The molecule has 0 saturated heterocycles. The quantitative estimate of drug-likeness (QED) is 0.895. The number of rotatable bonds is 4. The fourth-order valence-corrected chi connectivity index (χ4v) is 2.27. The Hall–Kier alpha value is -1.81. The van der Waals surface area contributed by atoms with Crippen LogP contribution in [0.1, 0.15) is 11.3 Å². The van der Waals surface area contributed by atoms with Gasteiger partial charge in [-0.15, -0.1) is 0 Å². The summed E-state index contributed by atoms with van der Waals surface area (Å²) in [4.78, 5) is 2.17. The van der Waals surface area contributed by atoms with Crippen LogP contribution in [0, 0.1) is 6.92 Å². The molecule has 0 aliphatic heterocycles. The zero-order chi connectivity index (χ0) is 13.1. The SMILES string of the molecule is CNCc1c(C)nn(C)c1N(C)c1ccccc1. The summed E-state index contributed by atoms with van der Waals surface area (Å²) < 4.78 is 1.94. The molecular formula is C14H20N4. The second kappa shape index (κ2) is 5.23. The van der Waals surface area contributed by atoms with E-state index in [0.29, 0.717) is 0 Å². The van der Waals surface area contributed by atoms with E-state index in [0.717, 1.165) is 23.7 Å². The molecule has 0 unspecified atom stereocenters. The van der Waals surface area contributed by atoms with Gasteiger partial charge in [0.1, 0.15) is 5.82 Å². The van der Waals surface area contributed by atoms with E-state index in [-0.39, 0.29) is 0 Å². The van der Waals surface area contributed by atoms with Gasteiger partial charge >= 0.3 is 0 Å². The third-order valence-corrected chi connectivity index (χ3v) is 3.13. The first-order valence-corrected chi connectivity index (χ1v) is 6.11. The van der Waals surface area contributed by atoms with Crippen LogP contribution in [-0.2, 0) is 13.6 Å². The van der Waals surface area contributed by atoms with Crippen LogP contribution in [0.4, 0.5) is 11.5 Å². The van der Waals surface area contributed by atoms with E-state index in [1.165, 1.54) is 5.56 Å². The number of nitrogens with zero attached hydrogens (tertiary/aromatic N) is 3. The van der Waals surface area contributed by atoms with Gasteiger partial charge in [-0.3, -0.25) is 4.68 Å². The minimum atomic E-state index is 0.826. The average molecular weight is 244 g/mol. The summed E-state index contributed by atoms with van der Waals surface area (Å²) in [6.45, 7) is 2.88. The van der Waals surface area contributed by atoms with Crippen molar-refractivity contribution in [1.29, 1.82) is 0 Å². The van der Waals surface area contributed by atoms with Crippen molar-refractivity contribution in [2.45, 2.75) is 13.5 Å². The summed E-state index contributed by atoms with van der Waals surface area (Å²) >= 11 is 0. The molecule has 4 heteroatoms. The summed E-state index contributed by atoms with van der Waals surface area (Å²) in [7, 11) is 6.02. The lowest BCUT2D eigenvalue weighted by molar-refractivity contribution is 0.749. The fourth-order valence-electron chi connectivity index (χ4n) is 2.27. The smallest absolute Gasteiger partial charge is 0.135 e. The van der Waals surface area contributed by atoms with Gasteiger partial charge in [-0.25, -0.2) is 0 Å². The number of para-hydroxylation sites is 1. The Morgan fingerprint density at radius 2 is 1.94 bits per heavy atom. The van der Waals surface area contributed by atoms with E-state index in [1.807, 2.05) is 37.0 Å². The third kappa shape index (κ3) is 2.24. The van der Waals surface area contributed by atoms with E-state index in [1.54, 1.807) is 0 Å². The Kier molecular flexibility index (Phi) is 3.67. The van der Waals surface area contributed by atoms with Crippen molar-refractivity contribution >= 4 is 11.5 Å². The monoisotopic (exact) mass is 244 g/mol. The molecule has 1 aromatic heterocycles. The van der Waals surface area contributed by atoms with Crippen LogP contribution in [0.15, 0.2) is 30.3 Å². The molecule has 2 aromatic rings. The molecule has 1 heterocycles. The first kappa shape index (κ1) is 12.6. The maximum absolute atomic E-state index is 4.51. The highest BCUT2D eigenvalue weighted by molar-refractivity contribution is 5.63. The molecule has 1 N–H and O–H groups in total. The predicted octanol–water partition coefficient (Wildman–Crippen LogP) is 2.22. The van der Waals surface area contributed by atoms with Crippen LogP contribution in [0.25, 0.3) is 0 Å². The lowest BCUT2D eigenvalue weighted by atomic mass is 10.2. The number of anilines is 2. The number of aryl methyl sites for hydroxylation is 2. The number of hydrogen-bond donors (Lipinski definition) is 1. The van der Waals surface area contributed by atoms with Gasteiger partial charge < -0.3 is 10.2 Å². The standard InChI is InChI=1S/C14H20N4/c1-11-13(10-15-2)14(18(4)16-11)17(3)12-8-6-5-7-9-12/h5-9,15H,10H2,1-4H3. The van der Waals surface area contributed by atoms with Crippen molar-refractivity contribution in [3.05, 3.63) is 41.6 Å². The summed E-state index contributed by atoms with van der Waals surface area (Å²) in [6.07, 6.45) is 0. The summed E-state index contributed by atoms with van der Waals surface area (Å²) in [5.74, 6) is 1.13. The van der Waals surface area contributed by atoms with E-state index >= 15 is 0 Å². The van der Waals surface area contributed by atoms with Crippen molar-refractivity contribution in [1.82, 2.24) is 15.1 Å². The highest BCUT2D eigenvalue weighted by Gasteiger charge is 2.17. The van der Waals surface area contributed by atoms with Crippen molar-refractivity contribution in [2.24, 2.45) is 7.05 Å². The third-order valence-electron chi connectivity index (χ3n) is 3.13. The van der Waals surface area contributed by atoms with Crippen LogP contribution >= 0.6 is 0 Å². The summed E-state index contributed by atoms with van der Waals surface area (Å²) in [6, 6.07) is 10.3. The second-order valence-electron chi connectivity index (χ2n) is 4.44. The number of hydrogen-bond acceptors (Lipinski definition) is 3. The molecule has 0 radical (unpaired) electrons. The van der Waals surface area contributed by atoms with Crippen molar-refractivity contribution in [3.63, 3.8) is 0 Å². The molecule has 2 rings (SSSR count). The highest BCUT2D eigenvalue weighted by atomic mass is 15.4. The van der Waals surface area contributed by atoms with Gasteiger partial charge in [0, 0.05) is 31.9 Å². The molecular weight excluding hydrogens is 224 g/mol. The van der Waals surface area contributed by atoms with Gasteiger partial charge in [0.05, 0.1) is 5.69 Å². The molecule has 0 aliphatic carbocycles. The summed E-state index contributed by atoms with van der Waals surface area (Å²) in [5, 5.41) is 7.72. The Balaban J connectivity index is 2.44. The molecule has 0 atom stereocenters. The average Bonchev–Trinajstić information content (AvgIpc) is 2.65. The zero-order valence-corrected chi connectivity index (χ0v) is 11.4. The van der Waals surface area contributed by atoms with Crippen LogP contribution in [0.3, 0.4) is 0 Å². The Bertz CT molecular complexity index is 516. The first-order valence-electron chi connectivity index (χ1n) is 6.11. The van der Waals surface area contributed by atoms with Gasteiger partial charge in [0.15, 0.2) is 0 Å². The number of nitrogens with one attached hydrogen (secondary N) is 1. The van der Waals surface area contributed by atoms with E-state index < -0.39 is 0 Å². The van der Waals surface area contributed by atoms with Gasteiger partial charge in [-0.1, -0.05) is 18.2 Å². The Morgan fingerprint density at radius 1 is 1.28 bits per heavy atom. The molecule has 18 heavy (non-hydrogen) atoms. The Labute approximate surface area is 108 Å². The highest BCUT2D eigenvalue weighted by Crippen LogP contribution is 2.28. The van der Waals surface area contributed by atoms with Crippen LogP contribution < -0.4 is 10.2 Å². The number of aromatic nitrogens is 2. The van der Waals surface area contributed by atoms with E-state index in [4.69, 9.17) is 0 Å². The maximum atomic E-state index is 4.51. The predicted molar refractivity (Wildman–Crippen MR) is 75.2 cm³/mol. The van der Waals surface area contributed by atoms with Crippen molar-refractivity contribution in [2.75, 3.05) is 19.0 Å². The van der Waals surface area contributed by atoms with Gasteiger partial charge in [0.25, 0.3) is 0 Å². The minimum absolute atomic E-state index is 0.826. The molecule has 96 valence electrons. The topological polar surface area (TPSA) is 33.1 Å². The van der Waals surface area contributed by atoms with Crippen LogP contribution in [0.2, 0.25) is 0 Å². The van der Waals surface area contributed by atoms with E-state index in [9.17, 15) is 0 Å². The lowest BCUT2D eigenvalue weighted by Crippen LogP contribution is -2.17. The Morgan fingerprint density at radius 3 is 2.56 bits per heavy atom. The lowest BCUT2D eigenvalue weighted by Gasteiger charge is -2.21. The largest absolute Gasteiger partial charge is 0.329 e. The molecule has 0 fully saturated rings. The normalized spacial score (nSPS) is 10.7. The number of benzene rings is 1. The first-order chi connectivity index (χ1) is 8.65. The molecule has 1 aromatic carbocycles. The van der Waals surface area contributed by atoms with Crippen molar-refractivity contribution < 1.29 is 0 Å². The molecule has 0 bridgehead atoms. The summed E-state index contributed by atoms with van der Waals surface area (Å²) in [5.41, 5.74) is 3.48.